The van der Waals surface area contributed by atoms with Gasteiger partial charge in [0.2, 0.25) is 4.96 Å². The molecule has 0 spiro atoms. The summed E-state index contributed by atoms with van der Waals surface area (Å²) in [5, 5.41) is 13.5. The van der Waals surface area contributed by atoms with Gasteiger partial charge in [-0.05, 0) is 25.3 Å². The molecule has 3 rings (SSSR count). The molecule has 15 heavy (non-hydrogen) atoms. The molecular weight excluding hydrogens is 210 g/mol. The van der Waals surface area contributed by atoms with Crippen LogP contribution in [-0.2, 0) is 0 Å². The van der Waals surface area contributed by atoms with Crippen LogP contribution >= 0.6 is 11.3 Å². The molecule has 0 saturated heterocycles. The summed E-state index contributed by atoms with van der Waals surface area (Å²) in [6.45, 7) is 0.769. The molecule has 80 valence electrons. The van der Waals surface area contributed by atoms with Gasteiger partial charge in [0.25, 0.3) is 0 Å². The Morgan fingerprint density at radius 2 is 2.47 bits per heavy atom. The van der Waals surface area contributed by atoms with E-state index in [-0.39, 0.29) is 0 Å². The summed E-state index contributed by atoms with van der Waals surface area (Å²) in [5.74, 6) is 1.15. The lowest BCUT2D eigenvalue weighted by atomic mass is 9.97. The van der Waals surface area contributed by atoms with Gasteiger partial charge >= 0.3 is 0 Å². The molecule has 1 saturated carbocycles. The van der Waals surface area contributed by atoms with E-state index in [0.717, 1.165) is 11.5 Å². The number of rotatable bonds is 2. The van der Waals surface area contributed by atoms with E-state index >= 15 is 0 Å². The van der Waals surface area contributed by atoms with E-state index in [0.29, 0.717) is 11.8 Å². The average Bonchev–Trinajstić information content (AvgIpc) is 2.91. The zero-order valence-electron chi connectivity index (χ0n) is 8.33. The van der Waals surface area contributed by atoms with Crippen molar-refractivity contribution >= 4 is 16.3 Å². The molecule has 6 heteroatoms. The Morgan fingerprint density at radius 1 is 1.53 bits per heavy atom. The van der Waals surface area contributed by atoms with Gasteiger partial charge < -0.3 is 5.73 Å². The first kappa shape index (κ1) is 9.23. The summed E-state index contributed by atoms with van der Waals surface area (Å²) < 4.78 is 1.76. The second-order valence-corrected chi connectivity index (χ2v) is 5.02. The number of nitrogens with two attached hydrogens (primary N) is 1. The van der Waals surface area contributed by atoms with Crippen LogP contribution in [0.5, 0.6) is 0 Å². The molecule has 0 aromatic carbocycles. The van der Waals surface area contributed by atoms with Crippen molar-refractivity contribution in [2.24, 2.45) is 11.7 Å². The number of nitrogens with zero attached hydrogens (tertiary/aromatic N) is 4. The summed E-state index contributed by atoms with van der Waals surface area (Å²) in [5.41, 5.74) is 5.77. The fourth-order valence-corrected chi connectivity index (χ4v) is 3.42. The molecule has 2 N–H and O–H groups in total. The van der Waals surface area contributed by atoms with E-state index in [1.54, 1.807) is 22.2 Å². The standard InChI is InChI=1S/C9H13N5S/c10-4-6-2-1-3-7(6)8-13-14-5-11-12-9(14)15-8/h5-7H,1-4,10H2. The van der Waals surface area contributed by atoms with Crippen LogP contribution in [0.3, 0.4) is 0 Å². The number of hydrogen-bond acceptors (Lipinski definition) is 5. The van der Waals surface area contributed by atoms with Crippen molar-refractivity contribution in [3.05, 3.63) is 11.3 Å². The predicted molar refractivity (Wildman–Crippen MR) is 57.8 cm³/mol. The lowest BCUT2D eigenvalue weighted by Gasteiger charge is -2.13. The molecule has 2 aromatic heterocycles. The van der Waals surface area contributed by atoms with Crippen molar-refractivity contribution in [3.63, 3.8) is 0 Å². The molecule has 5 nitrogen and oxygen atoms in total. The zero-order valence-corrected chi connectivity index (χ0v) is 9.15. The number of fused-ring (bicyclic) bond motifs is 1. The fourth-order valence-electron chi connectivity index (χ4n) is 2.37. The van der Waals surface area contributed by atoms with Gasteiger partial charge in [-0.15, -0.1) is 10.2 Å². The van der Waals surface area contributed by atoms with Crippen molar-refractivity contribution in [2.45, 2.75) is 25.2 Å². The minimum Gasteiger partial charge on any atom is -0.330 e. The molecule has 0 aliphatic heterocycles. The first-order valence-electron chi connectivity index (χ1n) is 5.25. The quantitative estimate of drug-likeness (QED) is 0.825. The van der Waals surface area contributed by atoms with Gasteiger partial charge in [-0.3, -0.25) is 0 Å². The van der Waals surface area contributed by atoms with Crippen LogP contribution in [0.2, 0.25) is 0 Å². The van der Waals surface area contributed by atoms with Gasteiger partial charge in [0, 0.05) is 5.92 Å². The lowest BCUT2D eigenvalue weighted by Crippen LogP contribution is -2.17. The second-order valence-electron chi connectivity index (χ2n) is 4.03. The molecule has 1 fully saturated rings. The first-order chi connectivity index (χ1) is 7.38. The number of hydrogen-bond donors (Lipinski definition) is 1. The van der Waals surface area contributed by atoms with E-state index in [1.807, 2.05) is 0 Å². The van der Waals surface area contributed by atoms with E-state index in [1.165, 1.54) is 24.3 Å². The maximum atomic E-state index is 5.77. The average molecular weight is 223 g/mol. The Morgan fingerprint density at radius 3 is 3.27 bits per heavy atom. The van der Waals surface area contributed by atoms with Crippen LogP contribution in [0.4, 0.5) is 0 Å². The maximum absolute atomic E-state index is 5.77. The van der Waals surface area contributed by atoms with E-state index in [4.69, 9.17) is 5.73 Å². The number of aromatic nitrogens is 4. The van der Waals surface area contributed by atoms with E-state index in [2.05, 4.69) is 15.3 Å². The Kier molecular flexibility index (Phi) is 2.17. The van der Waals surface area contributed by atoms with E-state index < -0.39 is 0 Å². The monoisotopic (exact) mass is 223 g/mol. The Bertz CT molecular complexity index is 433. The molecule has 2 unspecified atom stereocenters. The molecule has 2 atom stereocenters. The smallest absolute Gasteiger partial charge is 0.234 e. The van der Waals surface area contributed by atoms with Gasteiger partial charge in [-0.2, -0.15) is 9.61 Å². The van der Waals surface area contributed by atoms with Crippen LogP contribution in [0.25, 0.3) is 4.96 Å². The van der Waals surface area contributed by atoms with Crippen molar-refractivity contribution < 1.29 is 0 Å². The molecule has 0 radical (unpaired) electrons. The van der Waals surface area contributed by atoms with Crippen molar-refractivity contribution in [2.75, 3.05) is 6.54 Å². The molecule has 1 aliphatic rings. The SMILES string of the molecule is NCC1CCCC1c1nn2cnnc2s1. The Balaban J connectivity index is 1.95. The Hall–Kier alpha value is -1.01. The third-order valence-corrected chi connectivity index (χ3v) is 4.23. The van der Waals surface area contributed by atoms with Crippen LogP contribution in [-0.4, -0.2) is 26.4 Å². The minimum absolute atomic E-state index is 0.543. The normalized spacial score (nSPS) is 26.5. The van der Waals surface area contributed by atoms with Crippen LogP contribution in [0.1, 0.15) is 30.2 Å². The van der Waals surface area contributed by atoms with Crippen molar-refractivity contribution in [3.8, 4) is 0 Å². The molecular formula is C9H13N5S. The van der Waals surface area contributed by atoms with Crippen molar-refractivity contribution in [1.82, 2.24) is 19.8 Å². The van der Waals surface area contributed by atoms with Gasteiger partial charge in [-0.1, -0.05) is 17.8 Å². The Labute approximate surface area is 91.3 Å². The van der Waals surface area contributed by atoms with Crippen LogP contribution in [0.15, 0.2) is 6.33 Å². The zero-order chi connectivity index (χ0) is 10.3. The van der Waals surface area contributed by atoms with Crippen LogP contribution < -0.4 is 5.73 Å². The summed E-state index contributed by atoms with van der Waals surface area (Å²) in [6.07, 6.45) is 5.38. The molecule has 2 aromatic rings. The minimum atomic E-state index is 0.543. The molecule has 0 amide bonds. The third-order valence-electron chi connectivity index (χ3n) is 3.18. The third kappa shape index (κ3) is 1.44. The van der Waals surface area contributed by atoms with Gasteiger partial charge in [0.1, 0.15) is 11.3 Å². The highest BCUT2D eigenvalue weighted by molar-refractivity contribution is 7.16. The van der Waals surface area contributed by atoms with Crippen molar-refractivity contribution in [1.29, 1.82) is 0 Å². The van der Waals surface area contributed by atoms with Gasteiger partial charge in [0.05, 0.1) is 0 Å². The first-order valence-corrected chi connectivity index (χ1v) is 6.07. The van der Waals surface area contributed by atoms with Gasteiger partial charge in [-0.25, -0.2) is 0 Å². The molecule has 2 heterocycles. The highest BCUT2D eigenvalue weighted by Crippen LogP contribution is 2.40. The molecule has 1 aliphatic carbocycles. The fraction of sp³-hybridized carbons (Fsp3) is 0.667. The summed E-state index contributed by atoms with van der Waals surface area (Å²) >= 11 is 1.64. The largest absolute Gasteiger partial charge is 0.330 e. The topological polar surface area (TPSA) is 69.1 Å². The lowest BCUT2D eigenvalue weighted by molar-refractivity contribution is 0.490. The summed E-state index contributed by atoms with van der Waals surface area (Å²) in [7, 11) is 0. The van der Waals surface area contributed by atoms with Crippen LogP contribution in [0, 0.1) is 5.92 Å². The predicted octanol–water partition coefficient (Wildman–Crippen LogP) is 1.03. The van der Waals surface area contributed by atoms with Gasteiger partial charge in [0.15, 0.2) is 0 Å². The van der Waals surface area contributed by atoms with E-state index in [9.17, 15) is 0 Å². The highest BCUT2D eigenvalue weighted by atomic mass is 32.1. The molecule has 0 bridgehead atoms. The summed E-state index contributed by atoms with van der Waals surface area (Å²) in [4.78, 5) is 0.882. The summed E-state index contributed by atoms with van der Waals surface area (Å²) in [6, 6.07) is 0. The highest BCUT2D eigenvalue weighted by Gasteiger charge is 2.30. The maximum Gasteiger partial charge on any atom is 0.234 e. The second kappa shape index (κ2) is 3.53.